The number of carbonyl (C=O) groups excluding carboxylic acids is 1. The highest BCUT2D eigenvalue weighted by Gasteiger charge is 2.28. The fraction of sp³-hybridized carbons (Fsp3) is 0.250. The molecule has 0 spiro atoms. The summed E-state index contributed by atoms with van der Waals surface area (Å²) in [5.41, 5.74) is 2.11. The zero-order valence-electron chi connectivity index (χ0n) is 20.4. The van der Waals surface area contributed by atoms with E-state index in [1.807, 2.05) is 66.0 Å². The minimum absolute atomic E-state index is 0.209. The van der Waals surface area contributed by atoms with Crippen LogP contribution in [-0.4, -0.2) is 70.0 Å². The number of nitrogens with one attached hydrogen (secondary N) is 1. The predicted octanol–water partition coefficient (Wildman–Crippen LogP) is 3.60. The van der Waals surface area contributed by atoms with E-state index >= 15 is 0 Å². The average Bonchev–Trinajstić information content (AvgIpc) is 3.32. The highest BCUT2D eigenvalue weighted by molar-refractivity contribution is 7.24. The third kappa shape index (κ3) is 4.25. The van der Waals surface area contributed by atoms with Crippen LogP contribution in [0.15, 0.2) is 71.5 Å². The first kappa shape index (κ1) is 23.6. The number of nitrogens with zero attached hydrogens (tertiary/aromatic N) is 4. The molecule has 2 aromatic carbocycles. The maximum absolute atomic E-state index is 13.8. The first-order valence-corrected chi connectivity index (χ1v) is 13.1. The Bertz CT molecular complexity index is 1670. The highest BCUT2D eigenvalue weighted by Crippen LogP contribution is 2.31. The largest absolute Gasteiger partial charge is 0.387 e. The average molecular weight is 514 g/mol. The van der Waals surface area contributed by atoms with Crippen molar-refractivity contribution < 1.29 is 9.90 Å². The van der Waals surface area contributed by atoms with Crippen LogP contribution in [0.5, 0.6) is 0 Å². The summed E-state index contributed by atoms with van der Waals surface area (Å²) in [4.78, 5) is 36.8. The van der Waals surface area contributed by atoms with Gasteiger partial charge in [0.15, 0.2) is 5.65 Å². The molecule has 6 rings (SSSR count). The first-order valence-electron chi connectivity index (χ1n) is 12.3. The predicted molar refractivity (Wildman–Crippen MR) is 148 cm³/mol. The van der Waals surface area contributed by atoms with Gasteiger partial charge in [-0.3, -0.25) is 14.0 Å². The van der Waals surface area contributed by atoms with Gasteiger partial charge in [0.25, 0.3) is 5.91 Å². The molecule has 9 heteroatoms. The van der Waals surface area contributed by atoms with Crippen LogP contribution in [0.3, 0.4) is 0 Å². The number of pyridine rings is 2. The molecule has 1 aliphatic rings. The number of piperazine rings is 1. The van der Waals surface area contributed by atoms with Crippen molar-refractivity contribution in [1.82, 2.24) is 19.2 Å². The molecule has 37 heavy (non-hydrogen) atoms. The van der Waals surface area contributed by atoms with Crippen molar-refractivity contribution >= 4 is 49.1 Å². The lowest BCUT2D eigenvalue weighted by Crippen LogP contribution is -2.48. The van der Waals surface area contributed by atoms with E-state index in [1.54, 1.807) is 17.0 Å². The van der Waals surface area contributed by atoms with Crippen molar-refractivity contribution in [1.29, 1.82) is 0 Å². The highest BCUT2D eigenvalue weighted by atomic mass is 32.1. The van der Waals surface area contributed by atoms with E-state index in [0.717, 1.165) is 28.9 Å². The number of likely N-dealkylation sites (N-methyl/N-ethyl adjacent to an activating group) is 1. The number of rotatable bonds is 5. The van der Waals surface area contributed by atoms with E-state index in [1.165, 1.54) is 11.3 Å². The number of carbonyl (C=O) groups is 1. The maximum Gasteiger partial charge on any atom is 0.260 e. The summed E-state index contributed by atoms with van der Waals surface area (Å²) in [6.45, 7) is 3.01. The van der Waals surface area contributed by atoms with Gasteiger partial charge in [-0.2, -0.15) is 0 Å². The lowest BCUT2D eigenvalue weighted by atomic mass is 10.1. The standard InChI is InChI=1S/C28H27N5O3S/c1-31-13-15-32(16-14-31)27(36)24-25(35)19-11-12-23(29-17-21(34)18-7-3-2-4-8-18)30-26(19)33-20-9-5-6-10-22(20)37-28(24)33/h2-12,21,34H,13-17H2,1H3,(H,29,30). The number of anilines is 1. The minimum atomic E-state index is -0.702. The van der Waals surface area contributed by atoms with Crippen LogP contribution >= 0.6 is 11.3 Å². The zero-order valence-corrected chi connectivity index (χ0v) is 21.2. The van der Waals surface area contributed by atoms with Crippen molar-refractivity contribution in [2.24, 2.45) is 0 Å². The van der Waals surface area contributed by atoms with Crippen molar-refractivity contribution in [2.75, 3.05) is 45.1 Å². The molecule has 5 aromatic rings. The Morgan fingerprint density at radius 2 is 1.76 bits per heavy atom. The van der Waals surface area contributed by atoms with Crippen LogP contribution in [0.25, 0.3) is 26.1 Å². The lowest BCUT2D eigenvalue weighted by Gasteiger charge is -2.32. The Morgan fingerprint density at radius 3 is 2.54 bits per heavy atom. The summed E-state index contributed by atoms with van der Waals surface area (Å²) in [7, 11) is 2.03. The third-order valence-electron chi connectivity index (χ3n) is 6.95. The minimum Gasteiger partial charge on any atom is -0.387 e. The van der Waals surface area contributed by atoms with E-state index in [-0.39, 0.29) is 23.4 Å². The normalized spacial score (nSPS) is 15.5. The summed E-state index contributed by atoms with van der Waals surface area (Å²) >= 11 is 1.44. The zero-order chi connectivity index (χ0) is 25.5. The van der Waals surface area contributed by atoms with Crippen LogP contribution < -0.4 is 10.7 Å². The number of aliphatic hydroxyl groups is 1. The molecule has 0 saturated carbocycles. The van der Waals surface area contributed by atoms with Gasteiger partial charge in [0, 0.05) is 32.7 Å². The van der Waals surface area contributed by atoms with Crippen molar-refractivity contribution in [3.8, 4) is 0 Å². The molecule has 8 nitrogen and oxygen atoms in total. The number of aromatic nitrogens is 2. The Morgan fingerprint density at radius 1 is 1.03 bits per heavy atom. The van der Waals surface area contributed by atoms with Crippen LogP contribution in [0.1, 0.15) is 22.0 Å². The number of benzene rings is 2. The van der Waals surface area contributed by atoms with Gasteiger partial charge in [0.1, 0.15) is 16.2 Å². The SMILES string of the molecule is CN1CCN(C(=O)c2c(=O)c3ccc(NCC(O)c4ccccc4)nc3n3c2sc2ccccc23)CC1. The Kier molecular flexibility index (Phi) is 6.11. The third-order valence-corrected chi connectivity index (χ3v) is 8.10. The molecule has 188 valence electrons. The molecule has 1 aliphatic heterocycles. The first-order chi connectivity index (χ1) is 18.0. The van der Waals surface area contributed by atoms with Crippen molar-refractivity contribution in [2.45, 2.75) is 6.10 Å². The molecule has 1 unspecified atom stereocenters. The molecule has 0 aliphatic carbocycles. The quantitative estimate of drug-likeness (QED) is 0.373. The van der Waals surface area contributed by atoms with Gasteiger partial charge >= 0.3 is 0 Å². The van der Waals surface area contributed by atoms with Gasteiger partial charge in [-0.1, -0.05) is 42.5 Å². The fourth-order valence-electron chi connectivity index (χ4n) is 4.84. The van der Waals surface area contributed by atoms with Gasteiger partial charge in [-0.05, 0) is 36.9 Å². The molecular weight excluding hydrogens is 486 g/mol. The summed E-state index contributed by atoms with van der Waals surface area (Å²) in [5, 5.41) is 14.2. The summed E-state index contributed by atoms with van der Waals surface area (Å²) in [6, 6.07) is 20.8. The smallest absolute Gasteiger partial charge is 0.260 e. The van der Waals surface area contributed by atoms with Crippen molar-refractivity contribution in [3.63, 3.8) is 0 Å². The summed E-state index contributed by atoms with van der Waals surface area (Å²) in [5.74, 6) is 0.321. The summed E-state index contributed by atoms with van der Waals surface area (Å²) in [6.07, 6.45) is -0.702. The Hall–Kier alpha value is -3.79. The van der Waals surface area contributed by atoms with E-state index < -0.39 is 6.10 Å². The van der Waals surface area contributed by atoms with Crippen LogP contribution in [0, 0.1) is 0 Å². The fourth-order valence-corrected chi connectivity index (χ4v) is 6.01. The van der Waals surface area contributed by atoms with Crippen LogP contribution in [0.4, 0.5) is 5.82 Å². The van der Waals surface area contributed by atoms with Gasteiger partial charge < -0.3 is 20.2 Å². The maximum atomic E-state index is 13.8. The monoisotopic (exact) mass is 513 g/mol. The molecular formula is C28H27N5O3S. The molecule has 0 radical (unpaired) electrons. The van der Waals surface area contributed by atoms with Gasteiger partial charge in [-0.15, -0.1) is 11.3 Å². The molecule has 0 bridgehead atoms. The van der Waals surface area contributed by atoms with Gasteiger partial charge in [0.2, 0.25) is 5.43 Å². The molecule has 2 N–H and O–H groups in total. The molecule has 3 aromatic heterocycles. The molecule has 1 saturated heterocycles. The van der Waals surface area contributed by atoms with Crippen LogP contribution in [-0.2, 0) is 0 Å². The number of fused-ring (bicyclic) bond motifs is 5. The number of hydrogen-bond donors (Lipinski definition) is 2. The molecule has 1 atom stereocenters. The van der Waals surface area contributed by atoms with Gasteiger partial charge in [-0.25, -0.2) is 4.98 Å². The number of para-hydroxylation sites is 1. The second-order valence-electron chi connectivity index (χ2n) is 9.38. The number of amides is 1. The van der Waals surface area contributed by atoms with E-state index in [2.05, 4.69) is 10.2 Å². The number of hydrogen-bond acceptors (Lipinski definition) is 7. The topological polar surface area (TPSA) is 90.2 Å². The molecule has 1 amide bonds. The van der Waals surface area contributed by atoms with E-state index in [0.29, 0.717) is 34.8 Å². The number of aliphatic hydroxyl groups excluding tert-OH is 1. The Balaban J connectivity index is 1.46. The lowest BCUT2D eigenvalue weighted by molar-refractivity contribution is 0.0665. The second kappa shape index (κ2) is 9.59. The second-order valence-corrected chi connectivity index (χ2v) is 10.4. The van der Waals surface area contributed by atoms with E-state index in [4.69, 9.17) is 4.98 Å². The van der Waals surface area contributed by atoms with Crippen molar-refractivity contribution in [3.05, 3.63) is 88.1 Å². The van der Waals surface area contributed by atoms with Gasteiger partial charge in [0.05, 0.1) is 21.7 Å². The summed E-state index contributed by atoms with van der Waals surface area (Å²) < 4.78 is 2.90. The Labute approximate surface area is 217 Å². The molecule has 4 heterocycles. The van der Waals surface area contributed by atoms with E-state index in [9.17, 15) is 14.7 Å². The number of thiazole rings is 1. The van der Waals surface area contributed by atoms with Crippen LogP contribution in [0.2, 0.25) is 0 Å². The molecule has 1 fully saturated rings.